The van der Waals surface area contributed by atoms with Crippen LogP contribution in [0.4, 0.5) is 5.13 Å². The van der Waals surface area contributed by atoms with E-state index in [1.807, 2.05) is 12.1 Å². The van der Waals surface area contributed by atoms with Gasteiger partial charge in [-0.2, -0.15) is 4.31 Å². The summed E-state index contributed by atoms with van der Waals surface area (Å²) in [6.07, 6.45) is 3.67. The number of sulfonamides is 1. The van der Waals surface area contributed by atoms with Crippen LogP contribution < -0.4 is 4.90 Å². The number of rotatable bonds is 7. The molecule has 35 heavy (non-hydrogen) atoms. The van der Waals surface area contributed by atoms with Gasteiger partial charge in [0.15, 0.2) is 5.13 Å². The number of hydrogen-bond acceptors (Lipinski definition) is 6. The van der Waals surface area contributed by atoms with Crippen LogP contribution in [0, 0.1) is 0 Å². The van der Waals surface area contributed by atoms with Gasteiger partial charge in [-0.25, -0.2) is 13.4 Å². The number of nitrogens with zero attached hydrogens (tertiary/aromatic N) is 3. The highest BCUT2D eigenvalue weighted by Gasteiger charge is 2.42. The molecular formula is C25H28ClN3O4S2. The number of amides is 1. The molecule has 0 N–H and O–H groups in total. The molecule has 10 heteroatoms. The molecule has 2 fully saturated rings. The molecule has 3 aromatic rings. The molecule has 3 heterocycles. The summed E-state index contributed by atoms with van der Waals surface area (Å²) in [6.45, 7) is 3.43. The average molecular weight is 534 g/mol. The van der Waals surface area contributed by atoms with E-state index in [4.69, 9.17) is 21.3 Å². The van der Waals surface area contributed by atoms with Crippen molar-refractivity contribution in [2.75, 3.05) is 24.6 Å². The Morgan fingerprint density at radius 3 is 2.71 bits per heavy atom. The molecule has 2 aromatic carbocycles. The van der Waals surface area contributed by atoms with E-state index in [2.05, 4.69) is 13.0 Å². The summed E-state index contributed by atoms with van der Waals surface area (Å²) in [5, 5.41) is 1.06. The van der Waals surface area contributed by atoms with Crippen molar-refractivity contribution in [3.05, 3.63) is 53.1 Å². The van der Waals surface area contributed by atoms with Crippen LogP contribution in [-0.2, 0) is 26.0 Å². The molecule has 186 valence electrons. The molecule has 1 aromatic heterocycles. The summed E-state index contributed by atoms with van der Waals surface area (Å²) in [5.74, 6) is -0.243. The van der Waals surface area contributed by atoms with E-state index in [0.29, 0.717) is 42.7 Å². The number of para-hydroxylation sites is 1. The predicted octanol–water partition coefficient (Wildman–Crippen LogP) is 4.88. The second kappa shape index (κ2) is 10.1. The van der Waals surface area contributed by atoms with E-state index in [1.54, 1.807) is 17.0 Å². The van der Waals surface area contributed by atoms with Gasteiger partial charge in [-0.15, -0.1) is 0 Å². The highest BCUT2D eigenvalue weighted by Crippen LogP contribution is 2.35. The number of hydrogen-bond donors (Lipinski definition) is 0. The largest absolute Gasteiger partial charge is 0.376 e. The fourth-order valence-corrected chi connectivity index (χ4v) is 7.65. The number of carbonyl (C=O) groups excluding carboxylic acids is 1. The molecule has 5 rings (SSSR count). The lowest BCUT2D eigenvalue weighted by molar-refractivity contribution is -0.122. The summed E-state index contributed by atoms with van der Waals surface area (Å²) < 4.78 is 35.1. The molecule has 0 radical (unpaired) electrons. The quantitative estimate of drug-likeness (QED) is 0.432. The van der Waals surface area contributed by atoms with Gasteiger partial charge in [0.2, 0.25) is 15.9 Å². The second-order valence-electron chi connectivity index (χ2n) is 8.93. The molecular weight excluding hydrogens is 506 g/mol. The first-order valence-electron chi connectivity index (χ1n) is 12.0. The number of fused-ring (bicyclic) bond motifs is 1. The number of anilines is 1. The Morgan fingerprint density at radius 1 is 1.20 bits per heavy atom. The number of thiazole rings is 1. The number of aryl methyl sites for hydroxylation is 1. The summed E-state index contributed by atoms with van der Waals surface area (Å²) >= 11 is 7.43. The van der Waals surface area contributed by atoms with Gasteiger partial charge in [0.1, 0.15) is 6.04 Å². The van der Waals surface area contributed by atoms with Crippen LogP contribution >= 0.6 is 22.9 Å². The number of aromatic nitrogens is 1. The number of halogens is 1. The molecule has 2 unspecified atom stereocenters. The number of benzene rings is 2. The van der Waals surface area contributed by atoms with E-state index in [9.17, 15) is 13.2 Å². The van der Waals surface area contributed by atoms with E-state index < -0.39 is 16.1 Å². The lowest BCUT2D eigenvalue weighted by Gasteiger charge is -2.29. The van der Waals surface area contributed by atoms with Gasteiger partial charge in [-0.05, 0) is 68.0 Å². The van der Waals surface area contributed by atoms with Crippen molar-refractivity contribution in [2.45, 2.75) is 56.1 Å². The van der Waals surface area contributed by atoms with Crippen molar-refractivity contribution in [1.82, 2.24) is 9.29 Å². The van der Waals surface area contributed by atoms with Crippen molar-refractivity contribution in [3.63, 3.8) is 0 Å². The number of ether oxygens (including phenoxy) is 1. The summed E-state index contributed by atoms with van der Waals surface area (Å²) in [6, 6.07) is 11.4. The molecule has 0 spiro atoms. The zero-order valence-corrected chi connectivity index (χ0v) is 21.9. The minimum Gasteiger partial charge on any atom is -0.376 e. The lowest BCUT2D eigenvalue weighted by atomic mass is 10.1. The molecule has 0 saturated carbocycles. The van der Waals surface area contributed by atoms with Crippen molar-refractivity contribution in [1.29, 1.82) is 0 Å². The zero-order chi connectivity index (χ0) is 24.6. The minimum atomic E-state index is -3.85. The van der Waals surface area contributed by atoms with E-state index in [-0.39, 0.29) is 16.9 Å². The maximum absolute atomic E-state index is 14.0. The van der Waals surface area contributed by atoms with E-state index in [1.165, 1.54) is 27.8 Å². The Bertz CT molecular complexity index is 1320. The van der Waals surface area contributed by atoms with Gasteiger partial charge in [0.05, 0.1) is 27.8 Å². The first-order chi connectivity index (χ1) is 16.9. The highest BCUT2D eigenvalue weighted by atomic mass is 35.5. The molecule has 2 saturated heterocycles. The summed E-state index contributed by atoms with van der Waals surface area (Å²) in [7, 11) is -3.85. The molecule has 2 atom stereocenters. The molecule has 2 aliphatic heterocycles. The Hall–Kier alpha value is -2.04. The predicted molar refractivity (Wildman–Crippen MR) is 139 cm³/mol. The van der Waals surface area contributed by atoms with Gasteiger partial charge in [0.25, 0.3) is 0 Å². The standard InChI is InChI=1S/C25H28ClN3O4S2/c1-2-17-6-3-9-22-23(17)27-25(34-22)28(16-19-7-5-15-33-19)24(30)21-8-4-14-29(21)35(31,32)20-12-10-18(26)11-13-20/h3,6,9-13,19,21H,2,4-5,7-8,14-16H2,1H3. The maximum atomic E-state index is 14.0. The molecule has 2 aliphatic rings. The van der Waals surface area contributed by atoms with Crippen LogP contribution in [0.1, 0.15) is 38.2 Å². The molecule has 0 bridgehead atoms. The highest BCUT2D eigenvalue weighted by molar-refractivity contribution is 7.89. The smallest absolute Gasteiger partial charge is 0.247 e. The van der Waals surface area contributed by atoms with Crippen molar-refractivity contribution < 1.29 is 17.9 Å². The normalized spacial score (nSPS) is 21.1. The third kappa shape index (κ3) is 4.84. The Morgan fingerprint density at radius 2 is 2.00 bits per heavy atom. The third-order valence-corrected chi connectivity index (χ3v) is 9.91. The van der Waals surface area contributed by atoms with E-state index in [0.717, 1.165) is 35.0 Å². The monoisotopic (exact) mass is 533 g/mol. The fraction of sp³-hybridized carbons (Fsp3) is 0.440. The van der Waals surface area contributed by atoms with Crippen molar-refractivity contribution in [2.24, 2.45) is 0 Å². The van der Waals surface area contributed by atoms with E-state index >= 15 is 0 Å². The van der Waals surface area contributed by atoms with Crippen molar-refractivity contribution >= 4 is 54.2 Å². The first-order valence-corrected chi connectivity index (χ1v) is 14.6. The third-order valence-electron chi connectivity index (χ3n) is 6.69. The van der Waals surface area contributed by atoms with Crippen LogP contribution in [0.15, 0.2) is 47.4 Å². The van der Waals surface area contributed by atoms with Gasteiger partial charge in [0, 0.05) is 18.2 Å². The number of carbonyl (C=O) groups is 1. The van der Waals surface area contributed by atoms with Gasteiger partial charge < -0.3 is 4.74 Å². The molecule has 1 amide bonds. The van der Waals surface area contributed by atoms with Gasteiger partial charge in [-0.1, -0.05) is 42.0 Å². The maximum Gasteiger partial charge on any atom is 0.247 e. The summed E-state index contributed by atoms with van der Waals surface area (Å²) in [5.41, 5.74) is 2.03. The topological polar surface area (TPSA) is 79.8 Å². The van der Waals surface area contributed by atoms with Crippen LogP contribution in [-0.4, -0.2) is 55.5 Å². The second-order valence-corrected chi connectivity index (χ2v) is 12.3. The SMILES string of the molecule is CCc1cccc2sc(N(CC3CCCO3)C(=O)C3CCCN3S(=O)(=O)c3ccc(Cl)cc3)nc12. The van der Waals surface area contributed by atoms with Gasteiger partial charge in [-0.3, -0.25) is 9.69 Å². The van der Waals surface area contributed by atoms with Crippen LogP contribution in [0.3, 0.4) is 0 Å². The minimum absolute atomic E-state index is 0.0840. The Kier molecular flexibility index (Phi) is 7.14. The average Bonchev–Trinajstić information content (AvgIpc) is 3.62. The van der Waals surface area contributed by atoms with Crippen LogP contribution in [0.2, 0.25) is 5.02 Å². The lowest BCUT2D eigenvalue weighted by Crippen LogP contribution is -2.49. The Labute approximate surface area is 214 Å². The molecule has 7 nitrogen and oxygen atoms in total. The van der Waals surface area contributed by atoms with Crippen LogP contribution in [0.25, 0.3) is 10.2 Å². The van der Waals surface area contributed by atoms with Gasteiger partial charge >= 0.3 is 0 Å². The first kappa shape index (κ1) is 24.6. The summed E-state index contributed by atoms with van der Waals surface area (Å²) in [4.78, 5) is 20.7. The zero-order valence-electron chi connectivity index (χ0n) is 19.5. The fourth-order valence-electron chi connectivity index (χ4n) is 4.85. The van der Waals surface area contributed by atoms with Crippen molar-refractivity contribution in [3.8, 4) is 0 Å². The molecule has 0 aliphatic carbocycles. The van der Waals surface area contributed by atoms with Crippen LogP contribution in [0.5, 0.6) is 0 Å². The Balaban J connectivity index is 1.50.